The van der Waals surface area contributed by atoms with Gasteiger partial charge in [-0.05, 0) is 54.4 Å². The number of amides is 2. The van der Waals surface area contributed by atoms with Crippen LogP contribution in [0.4, 0.5) is 4.39 Å². The molecule has 0 saturated carbocycles. The SMILES string of the molecule is COc1ccc(F)cc1CC1CN2C(=O)CC2(S(=O)(=O)c2ccc(Br)cc2)C1=O.O=C1CCNC(=O)CC1. The quantitative estimate of drug-likeness (QED) is 0.517. The van der Waals surface area contributed by atoms with Crippen molar-refractivity contribution < 1.29 is 36.7 Å². The number of halogens is 2. The van der Waals surface area contributed by atoms with E-state index in [-0.39, 0.29) is 41.9 Å². The van der Waals surface area contributed by atoms with Crippen molar-refractivity contribution in [1.29, 1.82) is 0 Å². The van der Waals surface area contributed by atoms with Crippen molar-refractivity contribution in [3.05, 3.63) is 58.3 Å². The van der Waals surface area contributed by atoms with Crippen LogP contribution in [0, 0.1) is 11.7 Å². The van der Waals surface area contributed by atoms with E-state index in [0.29, 0.717) is 41.6 Å². The summed E-state index contributed by atoms with van der Waals surface area (Å²) in [5.74, 6) is -1.57. The first-order valence-electron chi connectivity index (χ1n) is 12.0. The van der Waals surface area contributed by atoms with Gasteiger partial charge in [0.15, 0.2) is 5.78 Å². The maximum absolute atomic E-state index is 13.7. The number of rotatable bonds is 5. The number of methoxy groups -OCH3 is 1. The highest BCUT2D eigenvalue weighted by atomic mass is 79.9. The zero-order valence-electron chi connectivity index (χ0n) is 20.5. The van der Waals surface area contributed by atoms with Gasteiger partial charge in [0.25, 0.3) is 0 Å². The van der Waals surface area contributed by atoms with E-state index in [9.17, 15) is 32.0 Å². The highest BCUT2D eigenvalue weighted by Gasteiger charge is 2.70. The van der Waals surface area contributed by atoms with Crippen LogP contribution in [0.5, 0.6) is 5.75 Å². The van der Waals surface area contributed by atoms with E-state index in [2.05, 4.69) is 21.2 Å². The number of ether oxygens (including phenoxy) is 1. The Labute approximate surface area is 227 Å². The molecule has 0 spiro atoms. The molecule has 2 amide bonds. The minimum absolute atomic E-state index is 0.000787. The zero-order chi connectivity index (χ0) is 27.7. The molecule has 0 bridgehead atoms. The molecule has 9 nitrogen and oxygen atoms in total. The lowest BCUT2D eigenvalue weighted by atomic mass is 9.92. The Hall–Kier alpha value is -3.12. The summed E-state index contributed by atoms with van der Waals surface area (Å²) in [6.07, 6.45) is 1.01. The molecule has 3 fully saturated rings. The number of ketones is 2. The van der Waals surface area contributed by atoms with Gasteiger partial charge in [-0.25, -0.2) is 12.8 Å². The third-order valence-corrected chi connectivity index (χ3v) is 9.80. The van der Waals surface area contributed by atoms with Crippen LogP contribution < -0.4 is 10.1 Å². The van der Waals surface area contributed by atoms with Gasteiger partial charge in [-0.15, -0.1) is 0 Å². The number of Topliss-reactive ketones (excluding diaryl/α,β-unsaturated/α-hetero) is 2. The number of fused-ring (bicyclic) bond motifs is 1. The van der Waals surface area contributed by atoms with Crippen molar-refractivity contribution in [2.45, 2.75) is 41.9 Å². The minimum Gasteiger partial charge on any atom is -0.496 e. The second-order valence-electron chi connectivity index (χ2n) is 9.28. The number of nitrogens with one attached hydrogen (secondary N) is 1. The number of nitrogens with zero attached hydrogens (tertiary/aromatic N) is 1. The standard InChI is InChI=1S/C20H17BrFNO5S.C6H9NO2/c1-28-17-7-4-15(22)9-12(17)8-13-11-23-18(24)10-20(23,19(13)25)29(26,27)16-5-2-14(21)3-6-16;8-5-1-2-6(9)7-4-3-5/h2-7,9,13H,8,10-11H2,1H3;1-4H2,(H,7,9). The fourth-order valence-corrected chi connectivity index (χ4v) is 7.28. The Bertz CT molecular complexity index is 1380. The topological polar surface area (TPSA) is 127 Å². The van der Waals surface area contributed by atoms with Gasteiger partial charge in [-0.1, -0.05) is 15.9 Å². The summed E-state index contributed by atoms with van der Waals surface area (Å²) in [6, 6.07) is 9.93. The average Bonchev–Trinajstić information content (AvgIpc) is 2.96. The van der Waals surface area contributed by atoms with Crippen molar-refractivity contribution in [1.82, 2.24) is 10.2 Å². The molecular weight excluding hydrogens is 583 g/mol. The number of hydrogen-bond acceptors (Lipinski definition) is 7. The highest BCUT2D eigenvalue weighted by molar-refractivity contribution is 9.10. The Balaban J connectivity index is 0.000000317. The average molecular weight is 609 g/mol. The molecule has 1 N–H and O–H groups in total. The van der Waals surface area contributed by atoms with Crippen molar-refractivity contribution in [3.8, 4) is 5.75 Å². The molecule has 2 unspecified atom stereocenters. The molecular formula is C26H26BrFN2O7S. The van der Waals surface area contributed by atoms with Crippen LogP contribution in [0.15, 0.2) is 51.8 Å². The molecule has 12 heteroatoms. The summed E-state index contributed by atoms with van der Waals surface area (Å²) in [5.41, 5.74) is 0.456. The van der Waals surface area contributed by atoms with Crippen LogP contribution in [0.3, 0.4) is 0 Å². The van der Waals surface area contributed by atoms with E-state index >= 15 is 0 Å². The first-order valence-corrected chi connectivity index (χ1v) is 14.2. The van der Waals surface area contributed by atoms with Crippen LogP contribution in [-0.2, 0) is 35.4 Å². The molecule has 2 aromatic rings. The van der Waals surface area contributed by atoms with Crippen LogP contribution in [0.25, 0.3) is 0 Å². The number of sulfone groups is 1. The van der Waals surface area contributed by atoms with Gasteiger partial charge in [0.05, 0.1) is 18.4 Å². The van der Waals surface area contributed by atoms with Gasteiger partial charge >= 0.3 is 0 Å². The molecule has 5 rings (SSSR count). The minimum atomic E-state index is -4.12. The van der Waals surface area contributed by atoms with Gasteiger partial charge in [-0.3, -0.25) is 19.2 Å². The largest absolute Gasteiger partial charge is 0.496 e. The van der Waals surface area contributed by atoms with Crippen molar-refractivity contribution in [2.75, 3.05) is 20.2 Å². The second-order valence-corrected chi connectivity index (χ2v) is 12.4. The van der Waals surface area contributed by atoms with Crippen molar-refractivity contribution in [3.63, 3.8) is 0 Å². The predicted octanol–water partition coefficient (Wildman–Crippen LogP) is 2.60. The summed E-state index contributed by atoms with van der Waals surface area (Å²) in [6.45, 7) is 0.505. The van der Waals surface area contributed by atoms with E-state index in [4.69, 9.17) is 4.74 Å². The molecule has 3 saturated heterocycles. The van der Waals surface area contributed by atoms with Crippen LogP contribution >= 0.6 is 15.9 Å². The molecule has 3 aliphatic rings. The van der Waals surface area contributed by atoms with E-state index in [0.717, 1.165) is 4.90 Å². The van der Waals surface area contributed by atoms with E-state index in [1.54, 1.807) is 12.1 Å². The van der Waals surface area contributed by atoms with Gasteiger partial charge in [-0.2, -0.15) is 0 Å². The third-order valence-electron chi connectivity index (χ3n) is 6.92. The number of β-lactam (4-membered cyclic amide) rings is 1. The Morgan fingerprint density at radius 2 is 1.79 bits per heavy atom. The molecule has 0 aliphatic carbocycles. The first kappa shape index (κ1) is 27.9. The lowest BCUT2D eigenvalue weighted by Gasteiger charge is -2.44. The lowest BCUT2D eigenvalue weighted by molar-refractivity contribution is -0.150. The number of hydrogen-bond donors (Lipinski definition) is 1. The molecule has 0 aromatic heterocycles. The van der Waals surface area contributed by atoms with Gasteiger partial charge < -0.3 is 15.0 Å². The molecule has 3 aliphatic heterocycles. The molecule has 3 heterocycles. The van der Waals surface area contributed by atoms with Crippen molar-refractivity contribution in [2.24, 2.45) is 5.92 Å². The molecule has 38 heavy (non-hydrogen) atoms. The fourth-order valence-electron chi connectivity index (χ4n) is 4.92. The van der Waals surface area contributed by atoms with E-state index in [1.165, 1.54) is 37.4 Å². The highest BCUT2D eigenvalue weighted by Crippen LogP contribution is 2.49. The summed E-state index contributed by atoms with van der Waals surface area (Å²) in [4.78, 5) is 45.9. The van der Waals surface area contributed by atoms with Crippen LogP contribution in [0.2, 0.25) is 0 Å². The van der Waals surface area contributed by atoms with Gasteiger partial charge in [0, 0.05) is 42.7 Å². The Morgan fingerprint density at radius 1 is 1.08 bits per heavy atom. The molecule has 2 aromatic carbocycles. The molecule has 0 radical (unpaired) electrons. The second kappa shape index (κ2) is 10.9. The lowest BCUT2D eigenvalue weighted by Crippen LogP contribution is -2.67. The maximum atomic E-state index is 13.7. The van der Waals surface area contributed by atoms with Gasteiger partial charge in [0.2, 0.25) is 26.5 Å². The summed E-state index contributed by atoms with van der Waals surface area (Å²) in [7, 11) is -2.69. The van der Waals surface area contributed by atoms with Gasteiger partial charge in [0.1, 0.15) is 17.3 Å². The van der Waals surface area contributed by atoms with Crippen LogP contribution in [-0.4, -0.2) is 61.8 Å². The summed E-state index contributed by atoms with van der Waals surface area (Å²) >= 11 is 3.25. The maximum Gasteiger partial charge on any atom is 0.228 e. The summed E-state index contributed by atoms with van der Waals surface area (Å²) < 4.78 is 46.3. The third kappa shape index (κ3) is 5.11. The van der Waals surface area contributed by atoms with E-state index < -0.39 is 32.2 Å². The van der Waals surface area contributed by atoms with Crippen molar-refractivity contribution >= 4 is 49.1 Å². The predicted molar refractivity (Wildman–Crippen MR) is 137 cm³/mol. The number of carbonyl (C=O) groups is 4. The zero-order valence-corrected chi connectivity index (χ0v) is 22.9. The molecule has 2 atom stereocenters. The van der Waals surface area contributed by atoms with E-state index in [1.807, 2.05) is 0 Å². The molecule has 202 valence electrons. The fraction of sp³-hybridized carbons (Fsp3) is 0.385. The Kier molecular flexibility index (Phi) is 8.03. The smallest absolute Gasteiger partial charge is 0.228 e. The normalized spacial score (nSPS) is 23.0. The summed E-state index contributed by atoms with van der Waals surface area (Å²) in [5, 5.41) is 2.62. The van der Waals surface area contributed by atoms with Crippen LogP contribution in [0.1, 0.15) is 31.2 Å². The first-order chi connectivity index (χ1) is 18.0. The Morgan fingerprint density at radius 3 is 2.45 bits per heavy atom. The monoisotopic (exact) mass is 608 g/mol. The number of carbonyl (C=O) groups excluding carboxylic acids is 4. The number of benzene rings is 2.